The van der Waals surface area contributed by atoms with Gasteiger partial charge in [-0.05, 0) is 19.8 Å². The van der Waals surface area contributed by atoms with Gasteiger partial charge in [0.2, 0.25) is 0 Å². The summed E-state index contributed by atoms with van der Waals surface area (Å²) < 4.78 is 5.34. The van der Waals surface area contributed by atoms with Crippen molar-refractivity contribution in [2.24, 2.45) is 11.1 Å². The van der Waals surface area contributed by atoms with Gasteiger partial charge in [-0.25, -0.2) is 0 Å². The molecule has 2 unspecified atom stereocenters. The fraction of sp³-hybridized carbons (Fsp3) is 0.867. The standard InChI is InChI=1S/C13H24N2O.C2H6/c1-11(12(2)10-13(12,3)14)4-5-15-6-8-16-9-7-15;1-2/h1,4-10,14H2,2-3H3;1-2H3. The molecule has 2 aliphatic rings. The van der Waals surface area contributed by atoms with Crippen LogP contribution in [-0.2, 0) is 4.74 Å². The van der Waals surface area contributed by atoms with Gasteiger partial charge in [0.15, 0.2) is 0 Å². The van der Waals surface area contributed by atoms with E-state index >= 15 is 0 Å². The first kappa shape index (κ1) is 15.7. The molecule has 0 bridgehead atoms. The summed E-state index contributed by atoms with van der Waals surface area (Å²) in [7, 11) is 0. The molecule has 2 N–H and O–H groups in total. The van der Waals surface area contributed by atoms with Crippen molar-refractivity contribution in [3.05, 3.63) is 12.2 Å². The monoisotopic (exact) mass is 254 g/mol. The average molecular weight is 254 g/mol. The third-order valence-corrected chi connectivity index (χ3v) is 4.47. The lowest BCUT2D eigenvalue weighted by Gasteiger charge is -2.28. The van der Waals surface area contributed by atoms with Crippen LogP contribution in [-0.4, -0.2) is 43.3 Å². The third-order valence-electron chi connectivity index (χ3n) is 4.47. The van der Waals surface area contributed by atoms with Crippen molar-refractivity contribution < 1.29 is 4.74 Å². The number of rotatable bonds is 4. The van der Waals surface area contributed by atoms with Crippen LogP contribution in [0.15, 0.2) is 12.2 Å². The van der Waals surface area contributed by atoms with Gasteiger partial charge in [0.1, 0.15) is 0 Å². The lowest BCUT2D eigenvalue weighted by atomic mass is 9.92. The van der Waals surface area contributed by atoms with Gasteiger partial charge in [0, 0.05) is 30.6 Å². The van der Waals surface area contributed by atoms with Crippen LogP contribution < -0.4 is 5.73 Å². The molecule has 0 aromatic rings. The Balaban J connectivity index is 0.000000771. The lowest BCUT2D eigenvalue weighted by Crippen LogP contribution is -2.37. The molecular weight excluding hydrogens is 224 g/mol. The van der Waals surface area contributed by atoms with Crippen LogP contribution in [0.1, 0.15) is 40.5 Å². The molecule has 0 amide bonds. The highest BCUT2D eigenvalue weighted by Crippen LogP contribution is 2.59. The van der Waals surface area contributed by atoms with Crippen LogP contribution >= 0.6 is 0 Å². The molecule has 1 saturated heterocycles. The number of ether oxygens (including phenoxy) is 1. The van der Waals surface area contributed by atoms with Crippen molar-refractivity contribution in [1.29, 1.82) is 0 Å². The first-order valence-electron chi connectivity index (χ1n) is 7.23. The zero-order valence-electron chi connectivity index (χ0n) is 12.6. The summed E-state index contributed by atoms with van der Waals surface area (Å²) in [5.41, 5.74) is 7.64. The maximum atomic E-state index is 6.16. The Morgan fingerprint density at radius 3 is 2.22 bits per heavy atom. The minimum atomic E-state index is -0.0188. The second kappa shape index (κ2) is 6.18. The van der Waals surface area contributed by atoms with Crippen LogP contribution in [0.4, 0.5) is 0 Å². The minimum Gasteiger partial charge on any atom is -0.379 e. The van der Waals surface area contributed by atoms with Crippen molar-refractivity contribution in [3.63, 3.8) is 0 Å². The normalized spacial score (nSPS) is 35.6. The Morgan fingerprint density at radius 2 is 1.78 bits per heavy atom. The molecule has 18 heavy (non-hydrogen) atoms. The summed E-state index contributed by atoms with van der Waals surface area (Å²) in [5, 5.41) is 0. The Kier molecular flexibility index (Phi) is 5.38. The summed E-state index contributed by atoms with van der Waals surface area (Å²) >= 11 is 0. The fourth-order valence-corrected chi connectivity index (χ4v) is 2.61. The lowest BCUT2D eigenvalue weighted by molar-refractivity contribution is 0.0381. The third kappa shape index (κ3) is 3.34. The fourth-order valence-electron chi connectivity index (χ4n) is 2.61. The molecule has 2 rings (SSSR count). The van der Waals surface area contributed by atoms with E-state index in [-0.39, 0.29) is 11.0 Å². The first-order chi connectivity index (χ1) is 8.46. The van der Waals surface area contributed by atoms with Gasteiger partial charge >= 0.3 is 0 Å². The Morgan fingerprint density at radius 1 is 1.28 bits per heavy atom. The summed E-state index contributed by atoms with van der Waals surface area (Å²) in [4.78, 5) is 2.45. The molecule has 106 valence electrons. The van der Waals surface area contributed by atoms with E-state index in [4.69, 9.17) is 10.5 Å². The van der Waals surface area contributed by atoms with E-state index in [9.17, 15) is 0 Å². The van der Waals surface area contributed by atoms with Crippen LogP contribution in [0, 0.1) is 5.41 Å². The second-order valence-electron chi connectivity index (χ2n) is 5.73. The number of nitrogens with two attached hydrogens (primary N) is 1. The molecule has 0 radical (unpaired) electrons. The topological polar surface area (TPSA) is 38.5 Å². The average Bonchev–Trinajstić information content (AvgIpc) is 2.91. The molecule has 0 spiro atoms. The van der Waals surface area contributed by atoms with Gasteiger partial charge in [-0.15, -0.1) is 0 Å². The van der Waals surface area contributed by atoms with Crippen molar-refractivity contribution in [2.45, 2.75) is 46.1 Å². The van der Waals surface area contributed by atoms with Crippen LogP contribution in [0.25, 0.3) is 0 Å². The Labute approximate surface area is 112 Å². The highest BCUT2D eigenvalue weighted by molar-refractivity contribution is 5.30. The molecule has 1 aliphatic heterocycles. The maximum Gasteiger partial charge on any atom is 0.0594 e. The first-order valence-corrected chi connectivity index (χ1v) is 7.23. The van der Waals surface area contributed by atoms with Crippen molar-refractivity contribution >= 4 is 0 Å². The van der Waals surface area contributed by atoms with Gasteiger partial charge < -0.3 is 10.5 Å². The van der Waals surface area contributed by atoms with E-state index in [0.29, 0.717) is 0 Å². The molecule has 1 heterocycles. The molecule has 0 aromatic heterocycles. The highest BCUT2D eigenvalue weighted by Gasteiger charge is 2.59. The molecule has 1 saturated carbocycles. The van der Waals surface area contributed by atoms with Gasteiger partial charge in [-0.1, -0.05) is 32.9 Å². The number of hydrogen-bond donors (Lipinski definition) is 1. The smallest absolute Gasteiger partial charge is 0.0594 e. The Hall–Kier alpha value is -0.380. The molecule has 2 fully saturated rings. The molecule has 1 aliphatic carbocycles. The van der Waals surface area contributed by atoms with E-state index in [0.717, 1.165) is 45.7 Å². The zero-order valence-corrected chi connectivity index (χ0v) is 12.6. The molecular formula is C15H30N2O. The predicted molar refractivity (Wildman–Crippen MR) is 77.7 cm³/mol. The van der Waals surface area contributed by atoms with Crippen molar-refractivity contribution in [2.75, 3.05) is 32.8 Å². The van der Waals surface area contributed by atoms with Crippen molar-refractivity contribution in [3.8, 4) is 0 Å². The van der Waals surface area contributed by atoms with Crippen LogP contribution in [0.5, 0.6) is 0 Å². The second-order valence-corrected chi connectivity index (χ2v) is 5.73. The zero-order chi connectivity index (χ0) is 13.8. The van der Waals surface area contributed by atoms with Crippen LogP contribution in [0.3, 0.4) is 0 Å². The van der Waals surface area contributed by atoms with Gasteiger partial charge in [0.05, 0.1) is 13.2 Å². The molecule has 0 aromatic carbocycles. The molecule has 3 heteroatoms. The van der Waals surface area contributed by atoms with E-state index in [1.165, 1.54) is 5.57 Å². The van der Waals surface area contributed by atoms with E-state index in [2.05, 4.69) is 25.3 Å². The summed E-state index contributed by atoms with van der Waals surface area (Å²) in [6.45, 7) is 17.6. The quantitative estimate of drug-likeness (QED) is 0.783. The summed E-state index contributed by atoms with van der Waals surface area (Å²) in [5.74, 6) is 0. The van der Waals surface area contributed by atoms with Gasteiger partial charge in [-0.2, -0.15) is 0 Å². The van der Waals surface area contributed by atoms with Gasteiger partial charge in [-0.3, -0.25) is 4.90 Å². The van der Waals surface area contributed by atoms with E-state index in [1.807, 2.05) is 13.8 Å². The molecule has 2 atom stereocenters. The number of nitrogens with zero attached hydrogens (tertiary/aromatic N) is 1. The van der Waals surface area contributed by atoms with Gasteiger partial charge in [0.25, 0.3) is 0 Å². The number of hydrogen-bond acceptors (Lipinski definition) is 3. The summed E-state index contributed by atoms with van der Waals surface area (Å²) in [6, 6.07) is 0. The predicted octanol–water partition coefficient (Wildman–Crippen LogP) is 2.42. The largest absolute Gasteiger partial charge is 0.379 e. The minimum absolute atomic E-state index is 0.0188. The van der Waals surface area contributed by atoms with E-state index < -0.39 is 0 Å². The van der Waals surface area contributed by atoms with Crippen molar-refractivity contribution in [1.82, 2.24) is 4.90 Å². The SMILES string of the molecule is C=C(CCN1CCOCC1)C1(C)CC1(C)N.CC. The highest BCUT2D eigenvalue weighted by atomic mass is 16.5. The maximum absolute atomic E-state index is 6.16. The van der Waals surface area contributed by atoms with Crippen LogP contribution in [0.2, 0.25) is 0 Å². The molecule has 3 nitrogen and oxygen atoms in total. The summed E-state index contributed by atoms with van der Waals surface area (Å²) in [6.07, 6.45) is 2.16. The number of morpholine rings is 1. The Bertz CT molecular complexity index is 282. The van der Waals surface area contributed by atoms with E-state index in [1.54, 1.807) is 0 Å².